The molecule has 0 saturated carbocycles. The molecule has 112 valence electrons. The van der Waals surface area contributed by atoms with Crippen LogP contribution in [0.4, 0.5) is 5.69 Å². The highest BCUT2D eigenvalue weighted by molar-refractivity contribution is 5.97. The Morgan fingerprint density at radius 1 is 1.29 bits per heavy atom. The van der Waals surface area contributed by atoms with Crippen molar-refractivity contribution in [3.8, 4) is 0 Å². The van der Waals surface area contributed by atoms with Crippen LogP contribution < -0.4 is 10.6 Å². The van der Waals surface area contributed by atoms with Crippen LogP contribution >= 0.6 is 0 Å². The lowest BCUT2D eigenvalue weighted by atomic mass is 10.1. The molecule has 0 radical (unpaired) electrons. The van der Waals surface area contributed by atoms with E-state index in [1.54, 1.807) is 6.08 Å². The Hall–Kier alpha value is -1.89. The maximum Gasteiger partial charge on any atom is 0.203 e. The number of aliphatic hydroxyl groups excluding tert-OH is 2. The molecule has 2 aliphatic rings. The van der Waals surface area contributed by atoms with Crippen molar-refractivity contribution in [2.24, 2.45) is 4.99 Å². The zero-order chi connectivity index (χ0) is 14.7. The van der Waals surface area contributed by atoms with Crippen molar-refractivity contribution in [2.45, 2.75) is 6.10 Å². The molecule has 0 amide bonds. The Balaban J connectivity index is 1.94. The molecule has 0 spiro atoms. The molecule has 1 atom stereocenters. The lowest BCUT2D eigenvalue weighted by Crippen LogP contribution is -2.51. The Morgan fingerprint density at radius 3 is 2.81 bits per heavy atom. The summed E-state index contributed by atoms with van der Waals surface area (Å²) in [4.78, 5) is 6.86. The van der Waals surface area contributed by atoms with Crippen LogP contribution in [0.5, 0.6) is 0 Å². The number of para-hydroxylation sites is 1. The third-order valence-corrected chi connectivity index (χ3v) is 3.63. The predicted molar refractivity (Wildman–Crippen MR) is 82.2 cm³/mol. The summed E-state index contributed by atoms with van der Waals surface area (Å²) in [5.41, 5.74) is 2.60. The third-order valence-electron chi connectivity index (χ3n) is 3.63. The summed E-state index contributed by atoms with van der Waals surface area (Å²) in [6.07, 6.45) is 0.748. The average Bonchev–Trinajstić information content (AvgIpc) is 2.55. The van der Waals surface area contributed by atoms with Crippen molar-refractivity contribution in [1.82, 2.24) is 15.5 Å². The second-order valence-electron chi connectivity index (χ2n) is 5.14. The van der Waals surface area contributed by atoms with Gasteiger partial charge in [0.15, 0.2) is 0 Å². The van der Waals surface area contributed by atoms with E-state index in [0.717, 1.165) is 49.1 Å². The van der Waals surface area contributed by atoms with Crippen LogP contribution in [-0.2, 0) is 0 Å². The van der Waals surface area contributed by atoms with E-state index < -0.39 is 6.10 Å². The molecular weight excluding hydrogens is 268 g/mol. The molecule has 1 aromatic carbocycles. The fraction of sp³-hybridized carbons (Fsp3) is 0.400. The van der Waals surface area contributed by atoms with E-state index in [4.69, 9.17) is 5.11 Å². The number of nitrogens with zero attached hydrogens (tertiary/aromatic N) is 2. The molecule has 2 heterocycles. The number of benzene rings is 1. The van der Waals surface area contributed by atoms with Crippen LogP contribution in [0.25, 0.3) is 5.70 Å². The molecular formula is C15H20N4O2. The van der Waals surface area contributed by atoms with Crippen molar-refractivity contribution < 1.29 is 10.2 Å². The molecule has 21 heavy (non-hydrogen) atoms. The number of hydrogen-bond donors (Lipinski definition) is 4. The van der Waals surface area contributed by atoms with Gasteiger partial charge >= 0.3 is 0 Å². The maximum atomic E-state index is 9.70. The van der Waals surface area contributed by atoms with Crippen molar-refractivity contribution in [2.75, 3.05) is 32.8 Å². The maximum absolute atomic E-state index is 9.70. The minimum Gasteiger partial charge on any atom is -0.393 e. The zero-order valence-electron chi connectivity index (χ0n) is 11.8. The molecule has 3 rings (SSSR count). The monoisotopic (exact) mass is 288 g/mol. The summed E-state index contributed by atoms with van der Waals surface area (Å²) in [7, 11) is 0. The van der Waals surface area contributed by atoms with Crippen LogP contribution in [-0.4, -0.2) is 60.0 Å². The normalized spacial score (nSPS) is 21.5. The fourth-order valence-corrected chi connectivity index (χ4v) is 2.53. The Kier molecular flexibility index (Phi) is 4.19. The molecule has 6 heteroatoms. The van der Waals surface area contributed by atoms with Gasteiger partial charge in [0.1, 0.15) is 0 Å². The van der Waals surface area contributed by atoms with Crippen LogP contribution in [0.1, 0.15) is 5.56 Å². The number of aliphatic hydroxyl groups is 2. The molecule has 6 nitrogen and oxygen atoms in total. The summed E-state index contributed by atoms with van der Waals surface area (Å²) in [5.74, 6) is 0.798. The van der Waals surface area contributed by atoms with Crippen molar-refractivity contribution >= 4 is 17.3 Å². The van der Waals surface area contributed by atoms with E-state index in [-0.39, 0.29) is 6.61 Å². The largest absolute Gasteiger partial charge is 0.393 e. The number of rotatable bonds is 2. The first kappa shape index (κ1) is 14.1. The molecule has 1 saturated heterocycles. The molecule has 1 unspecified atom stereocenters. The lowest BCUT2D eigenvalue weighted by molar-refractivity contribution is 0.131. The number of aliphatic imine (C=N–C) groups is 1. The second-order valence-corrected chi connectivity index (χ2v) is 5.14. The Morgan fingerprint density at radius 2 is 2.05 bits per heavy atom. The van der Waals surface area contributed by atoms with Crippen molar-refractivity contribution in [3.05, 3.63) is 35.9 Å². The summed E-state index contributed by atoms with van der Waals surface area (Å²) in [6.45, 7) is 3.35. The SMILES string of the molecule is OCC(O)C=C1NC(N2CCNCC2)=Nc2ccccc21. The molecule has 1 fully saturated rings. The van der Waals surface area contributed by atoms with Gasteiger partial charge in [-0.1, -0.05) is 18.2 Å². The van der Waals surface area contributed by atoms with E-state index in [1.807, 2.05) is 24.3 Å². The average molecular weight is 288 g/mol. The van der Waals surface area contributed by atoms with Gasteiger partial charge in [0.2, 0.25) is 5.96 Å². The summed E-state index contributed by atoms with van der Waals surface area (Å²) >= 11 is 0. The first-order chi connectivity index (χ1) is 10.3. The Labute approximate surface area is 123 Å². The van der Waals surface area contributed by atoms with E-state index in [0.29, 0.717) is 0 Å². The molecule has 0 aliphatic carbocycles. The molecule has 0 aromatic heterocycles. The van der Waals surface area contributed by atoms with Crippen LogP contribution in [0.15, 0.2) is 35.3 Å². The van der Waals surface area contributed by atoms with E-state index in [1.165, 1.54) is 0 Å². The quantitative estimate of drug-likeness (QED) is 0.610. The van der Waals surface area contributed by atoms with Crippen LogP contribution in [0.2, 0.25) is 0 Å². The first-order valence-electron chi connectivity index (χ1n) is 7.19. The number of fused-ring (bicyclic) bond motifs is 1. The van der Waals surface area contributed by atoms with Gasteiger partial charge in [0.25, 0.3) is 0 Å². The van der Waals surface area contributed by atoms with Gasteiger partial charge in [0.05, 0.1) is 18.4 Å². The van der Waals surface area contributed by atoms with Crippen LogP contribution in [0.3, 0.4) is 0 Å². The minimum atomic E-state index is -0.886. The van der Waals surface area contributed by atoms with E-state index in [2.05, 4.69) is 20.5 Å². The van der Waals surface area contributed by atoms with Crippen molar-refractivity contribution in [3.63, 3.8) is 0 Å². The molecule has 1 aromatic rings. The number of piperazine rings is 1. The number of hydrogen-bond acceptors (Lipinski definition) is 6. The molecule has 4 N–H and O–H groups in total. The second kappa shape index (κ2) is 6.26. The van der Waals surface area contributed by atoms with Crippen molar-refractivity contribution in [1.29, 1.82) is 0 Å². The van der Waals surface area contributed by atoms with Gasteiger partial charge in [-0.2, -0.15) is 0 Å². The van der Waals surface area contributed by atoms with Gasteiger partial charge in [-0.3, -0.25) is 0 Å². The van der Waals surface area contributed by atoms with Gasteiger partial charge in [-0.15, -0.1) is 0 Å². The highest BCUT2D eigenvalue weighted by Crippen LogP contribution is 2.29. The molecule has 2 aliphatic heterocycles. The third kappa shape index (κ3) is 3.07. The predicted octanol–water partition coefficient (Wildman–Crippen LogP) is -0.123. The standard InChI is InChI=1S/C15H20N4O2/c20-10-11(21)9-14-12-3-1-2-4-13(12)17-15(18-14)19-7-5-16-6-8-19/h1-4,9,11,16,20-21H,5-8,10H2,(H,17,18). The highest BCUT2D eigenvalue weighted by Gasteiger charge is 2.22. The topological polar surface area (TPSA) is 80.1 Å². The number of guanidine groups is 1. The highest BCUT2D eigenvalue weighted by atomic mass is 16.3. The van der Waals surface area contributed by atoms with E-state index >= 15 is 0 Å². The van der Waals surface area contributed by atoms with Gasteiger partial charge in [-0.05, 0) is 12.1 Å². The first-order valence-corrected chi connectivity index (χ1v) is 7.19. The minimum absolute atomic E-state index is 0.298. The zero-order valence-corrected chi connectivity index (χ0v) is 11.8. The molecule has 0 bridgehead atoms. The Bertz CT molecular complexity index is 565. The van der Waals surface area contributed by atoms with Gasteiger partial charge < -0.3 is 25.7 Å². The summed E-state index contributed by atoms with van der Waals surface area (Å²) < 4.78 is 0. The lowest BCUT2D eigenvalue weighted by Gasteiger charge is -2.33. The smallest absolute Gasteiger partial charge is 0.203 e. The summed E-state index contributed by atoms with van der Waals surface area (Å²) in [5, 5.41) is 25.4. The van der Waals surface area contributed by atoms with Gasteiger partial charge in [0, 0.05) is 37.4 Å². The van der Waals surface area contributed by atoms with E-state index in [9.17, 15) is 5.11 Å². The van der Waals surface area contributed by atoms with Gasteiger partial charge in [-0.25, -0.2) is 4.99 Å². The fourth-order valence-electron chi connectivity index (χ4n) is 2.53. The van der Waals surface area contributed by atoms with Crippen LogP contribution in [0, 0.1) is 0 Å². The number of nitrogens with one attached hydrogen (secondary N) is 2. The summed E-state index contributed by atoms with van der Waals surface area (Å²) in [6, 6.07) is 7.79.